The van der Waals surface area contributed by atoms with Crippen LogP contribution in [0.2, 0.25) is 5.02 Å². The number of carboxylic acids is 1. The number of benzene rings is 1. The molecule has 3 N–H and O–H groups in total. The molecule has 5 nitrogen and oxygen atoms in total. The van der Waals surface area contributed by atoms with Crippen molar-refractivity contribution in [1.29, 1.82) is 0 Å². The molecule has 0 aliphatic carbocycles. The van der Waals surface area contributed by atoms with Gasteiger partial charge in [0, 0.05) is 5.56 Å². The maximum Gasteiger partial charge on any atom is 0.353 e. The van der Waals surface area contributed by atoms with Gasteiger partial charge in [0.05, 0.1) is 10.7 Å². The number of nitrogens with zero attached hydrogens (tertiary/aromatic N) is 1. The van der Waals surface area contributed by atoms with Crippen LogP contribution in [-0.2, 0) is 0 Å². The number of aryl methyl sites for hydroxylation is 1. The molecule has 1 aromatic carbocycles. The number of halogens is 1. The number of rotatable bonds is 2. The van der Waals surface area contributed by atoms with E-state index in [2.05, 4.69) is 10.2 Å². The van der Waals surface area contributed by atoms with Crippen molar-refractivity contribution in [3.05, 3.63) is 34.5 Å². The van der Waals surface area contributed by atoms with Crippen molar-refractivity contribution < 1.29 is 15.0 Å². The molecule has 17 heavy (non-hydrogen) atoms. The Morgan fingerprint density at radius 3 is 2.71 bits per heavy atom. The van der Waals surface area contributed by atoms with E-state index >= 15 is 0 Å². The van der Waals surface area contributed by atoms with E-state index < -0.39 is 5.97 Å². The standard InChI is InChI=1S/C11H9ClN2O3/c1-5-2-10(15)7(12)3-6(5)8-4-9(11(16)17)14-13-8/h2-4,15H,1H3,(H,13,14)(H,16,17). The van der Waals surface area contributed by atoms with Gasteiger partial charge in [-0.25, -0.2) is 4.79 Å². The Morgan fingerprint density at radius 1 is 1.41 bits per heavy atom. The van der Waals surface area contributed by atoms with E-state index in [4.69, 9.17) is 16.7 Å². The molecule has 0 spiro atoms. The zero-order valence-electron chi connectivity index (χ0n) is 8.86. The number of aromatic carboxylic acids is 1. The highest BCUT2D eigenvalue weighted by Crippen LogP contribution is 2.32. The molecule has 1 heterocycles. The van der Waals surface area contributed by atoms with E-state index in [1.165, 1.54) is 12.1 Å². The Balaban J connectivity index is 2.52. The molecule has 0 fully saturated rings. The molecular weight excluding hydrogens is 244 g/mol. The predicted octanol–water partition coefficient (Wildman–Crippen LogP) is 2.44. The number of nitrogens with one attached hydrogen (secondary N) is 1. The number of aromatic amines is 1. The molecule has 0 unspecified atom stereocenters. The van der Waals surface area contributed by atoms with E-state index in [1.807, 2.05) is 0 Å². The first kappa shape index (κ1) is 11.5. The Bertz CT molecular complexity index is 592. The number of aromatic hydroxyl groups is 1. The molecule has 2 aromatic rings. The van der Waals surface area contributed by atoms with Gasteiger partial charge in [0.25, 0.3) is 0 Å². The van der Waals surface area contributed by atoms with Gasteiger partial charge in [0.2, 0.25) is 0 Å². The summed E-state index contributed by atoms with van der Waals surface area (Å²) in [7, 11) is 0. The highest BCUT2D eigenvalue weighted by Gasteiger charge is 2.12. The first-order chi connectivity index (χ1) is 7.99. The minimum Gasteiger partial charge on any atom is -0.506 e. The monoisotopic (exact) mass is 252 g/mol. The smallest absolute Gasteiger partial charge is 0.353 e. The largest absolute Gasteiger partial charge is 0.506 e. The maximum absolute atomic E-state index is 10.7. The third kappa shape index (κ3) is 2.09. The third-order valence-corrected chi connectivity index (χ3v) is 2.68. The Hall–Kier alpha value is -2.01. The van der Waals surface area contributed by atoms with Gasteiger partial charge in [-0.1, -0.05) is 11.6 Å². The summed E-state index contributed by atoms with van der Waals surface area (Å²) in [6, 6.07) is 4.47. The number of aromatic nitrogens is 2. The number of carbonyl (C=O) groups is 1. The SMILES string of the molecule is Cc1cc(O)c(Cl)cc1-c1cc(C(=O)O)[nH]n1. The highest BCUT2D eigenvalue weighted by atomic mass is 35.5. The van der Waals surface area contributed by atoms with E-state index in [1.54, 1.807) is 13.0 Å². The molecule has 6 heteroatoms. The normalized spacial score (nSPS) is 10.5. The molecule has 0 radical (unpaired) electrons. The van der Waals surface area contributed by atoms with Crippen LogP contribution in [0.15, 0.2) is 18.2 Å². The minimum absolute atomic E-state index is 0.00333. The Labute approximate surface area is 102 Å². The Morgan fingerprint density at radius 2 is 2.12 bits per heavy atom. The van der Waals surface area contributed by atoms with Crippen LogP contribution >= 0.6 is 11.6 Å². The summed E-state index contributed by atoms with van der Waals surface area (Å²) in [5, 5.41) is 24.7. The van der Waals surface area contributed by atoms with Crippen LogP contribution in [0.1, 0.15) is 16.1 Å². The molecule has 1 aromatic heterocycles. The molecule has 0 saturated heterocycles. The minimum atomic E-state index is -1.08. The molecule has 0 amide bonds. The lowest BCUT2D eigenvalue weighted by molar-refractivity contribution is 0.0690. The van der Waals surface area contributed by atoms with Gasteiger partial charge in [-0.05, 0) is 30.7 Å². The van der Waals surface area contributed by atoms with Crippen molar-refractivity contribution in [1.82, 2.24) is 10.2 Å². The number of hydrogen-bond acceptors (Lipinski definition) is 3. The molecular formula is C11H9ClN2O3. The van der Waals surface area contributed by atoms with Crippen molar-refractivity contribution in [2.24, 2.45) is 0 Å². The predicted molar refractivity (Wildman–Crippen MR) is 62.4 cm³/mol. The van der Waals surface area contributed by atoms with Crippen molar-refractivity contribution in [3.8, 4) is 17.0 Å². The van der Waals surface area contributed by atoms with Crippen molar-refractivity contribution >= 4 is 17.6 Å². The quantitative estimate of drug-likeness (QED) is 0.766. The lowest BCUT2D eigenvalue weighted by Crippen LogP contribution is -1.95. The summed E-state index contributed by atoms with van der Waals surface area (Å²) < 4.78 is 0. The van der Waals surface area contributed by atoms with E-state index in [-0.39, 0.29) is 16.5 Å². The van der Waals surface area contributed by atoms with Gasteiger partial charge >= 0.3 is 5.97 Å². The number of hydrogen-bond donors (Lipinski definition) is 3. The molecule has 0 saturated carbocycles. The second kappa shape index (κ2) is 4.10. The lowest BCUT2D eigenvalue weighted by Gasteiger charge is -2.04. The van der Waals surface area contributed by atoms with Crippen molar-refractivity contribution in [3.63, 3.8) is 0 Å². The highest BCUT2D eigenvalue weighted by molar-refractivity contribution is 6.32. The fourth-order valence-electron chi connectivity index (χ4n) is 1.51. The topological polar surface area (TPSA) is 86.2 Å². The van der Waals surface area contributed by atoms with Crippen LogP contribution < -0.4 is 0 Å². The van der Waals surface area contributed by atoms with Gasteiger partial charge in [-0.15, -0.1) is 0 Å². The van der Waals surface area contributed by atoms with E-state index in [9.17, 15) is 9.90 Å². The van der Waals surface area contributed by atoms with Gasteiger partial charge in [-0.2, -0.15) is 5.10 Å². The average Bonchev–Trinajstić information content (AvgIpc) is 2.72. The average molecular weight is 253 g/mol. The zero-order chi connectivity index (χ0) is 12.6. The van der Waals surface area contributed by atoms with Crippen LogP contribution in [0.25, 0.3) is 11.3 Å². The number of phenols is 1. The number of H-pyrrole nitrogens is 1. The summed E-state index contributed by atoms with van der Waals surface area (Å²) in [6.45, 7) is 1.78. The first-order valence-electron chi connectivity index (χ1n) is 4.77. The maximum atomic E-state index is 10.7. The summed E-state index contributed by atoms with van der Waals surface area (Å²) in [5.41, 5.74) is 1.91. The molecule has 0 aliphatic rings. The van der Waals surface area contributed by atoms with Crippen LogP contribution in [0, 0.1) is 6.92 Å². The second-order valence-corrected chi connectivity index (χ2v) is 4.00. The van der Waals surface area contributed by atoms with E-state index in [0.717, 1.165) is 5.56 Å². The lowest BCUT2D eigenvalue weighted by atomic mass is 10.1. The summed E-state index contributed by atoms with van der Waals surface area (Å²) in [6.07, 6.45) is 0. The zero-order valence-corrected chi connectivity index (χ0v) is 9.62. The Kier molecular flexibility index (Phi) is 2.77. The summed E-state index contributed by atoms with van der Waals surface area (Å²) >= 11 is 5.80. The van der Waals surface area contributed by atoms with E-state index in [0.29, 0.717) is 11.3 Å². The molecule has 88 valence electrons. The molecule has 0 atom stereocenters. The number of carboxylic acid groups (broad SMARTS) is 1. The fraction of sp³-hybridized carbons (Fsp3) is 0.0909. The van der Waals surface area contributed by atoms with Crippen LogP contribution in [-0.4, -0.2) is 26.4 Å². The van der Waals surface area contributed by atoms with Gasteiger partial charge in [-0.3, -0.25) is 5.10 Å². The van der Waals surface area contributed by atoms with Crippen LogP contribution in [0.4, 0.5) is 0 Å². The van der Waals surface area contributed by atoms with Crippen molar-refractivity contribution in [2.45, 2.75) is 6.92 Å². The summed E-state index contributed by atoms with van der Waals surface area (Å²) in [4.78, 5) is 10.7. The second-order valence-electron chi connectivity index (χ2n) is 3.59. The number of phenolic OH excluding ortho intramolecular Hbond substituents is 1. The molecule has 0 bridgehead atoms. The van der Waals surface area contributed by atoms with Crippen molar-refractivity contribution in [2.75, 3.05) is 0 Å². The van der Waals surface area contributed by atoms with Gasteiger partial charge < -0.3 is 10.2 Å². The molecule has 2 rings (SSSR count). The summed E-state index contributed by atoms with van der Waals surface area (Å²) in [5.74, 6) is -1.09. The first-order valence-corrected chi connectivity index (χ1v) is 5.15. The van der Waals surface area contributed by atoms with Gasteiger partial charge in [0.1, 0.15) is 11.4 Å². The third-order valence-electron chi connectivity index (χ3n) is 2.38. The van der Waals surface area contributed by atoms with Crippen LogP contribution in [0.3, 0.4) is 0 Å². The molecule has 0 aliphatic heterocycles. The van der Waals surface area contributed by atoms with Crippen LogP contribution in [0.5, 0.6) is 5.75 Å². The van der Waals surface area contributed by atoms with Gasteiger partial charge in [0.15, 0.2) is 0 Å². The fourth-order valence-corrected chi connectivity index (χ4v) is 1.68.